The number of ether oxygens (including phenoxy) is 1. The van der Waals surface area contributed by atoms with E-state index in [4.69, 9.17) is 9.72 Å². The van der Waals surface area contributed by atoms with Gasteiger partial charge in [0.1, 0.15) is 22.0 Å². The van der Waals surface area contributed by atoms with Crippen LogP contribution in [0.25, 0.3) is 10.6 Å². The van der Waals surface area contributed by atoms with Crippen LogP contribution in [0.2, 0.25) is 0 Å². The normalized spacial score (nSPS) is 13.2. The van der Waals surface area contributed by atoms with Gasteiger partial charge in [-0.3, -0.25) is 4.79 Å². The number of hydrogen-bond donors (Lipinski definition) is 3. The summed E-state index contributed by atoms with van der Waals surface area (Å²) in [6.07, 6.45) is 1.68. The summed E-state index contributed by atoms with van der Waals surface area (Å²) >= 11 is 3.08. The van der Waals surface area contributed by atoms with Gasteiger partial charge < -0.3 is 20.1 Å². The van der Waals surface area contributed by atoms with E-state index < -0.39 is 29.2 Å². The zero-order valence-corrected chi connectivity index (χ0v) is 23.3. The Morgan fingerprint density at radius 1 is 0.947 bits per heavy atom. The fourth-order valence-electron chi connectivity index (χ4n) is 3.83. The maximum atomic E-state index is 13.5. The molecule has 3 atom stereocenters. The predicted molar refractivity (Wildman–Crippen MR) is 154 cm³/mol. The SMILES string of the molecule is COC(=O)NC(Cc1ccccc1)C(=O)NC(Cc1ccc(NS(C)=O)cc1)c1nc(-c2cccs2)cs1. The number of nitrogens with zero attached hydrogens (tertiary/aromatic N) is 1. The largest absolute Gasteiger partial charge is 0.453 e. The van der Waals surface area contributed by atoms with E-state index in [9.17, 15) is 13.8 Å². The van der Waals surface area contributed by atoms with Crippen molar-refractivity contribution < 1.29 is 18.5 Å². The van der Waals surface area contributed by atoms with Crippen LogP contribution >= 0.6 is 22.7 Å². The molecule has 0 aliphatic carbocycles. The fraction of sp³-hybridized carbons (Fsp3) is 0.222. The van der Waals surface area contributed by atoms with Crippen LogP contribution in [0.4, 0.5) is 10.5 Å². The lowest BCUT2D eigenvalue weighted by molar-refractivity contribution is -0.123. The Hall–Kier alpha value is -3.54. The third-order valence-electron chi connectivity index (χ3n) is 5.64. The van der Waals surface area contributed by atoms with Crippen LogP contribution in [0.5, 0.6) is 0 Å². The topological polar surface area (TPSA) is 109 Å². The number of carbonyl (C=O) groups is 2. The number of rotatable bonds is 11. The molecule has 0 saturated carbocycles. The van der Waals surface area contributed by atoms with Crippen molar-refractivity contribution in [1.82, 2.24) is 15.6 Å². The molecule has 2 aromatic heterocycles. The second-order valence-electron chi connectivity index (χ2n) is 8.44. The van der Waals surface area contributed by atoms with Gasteiger partial charge in [0.25, 0.3) is 0 Å². The number of benzene rings is 2. The number of thiazole rings is 1. The molecule has 198 valence electrons. The third-order valence-corrected chi connectivity index (χ3v) is 8.02. The quantitative estimate of drug-likeness (QED) is 0.237. The number of nitrogens with one attached hydrogen (secondary N) is 3. The second-order valence-corrected chi connectivity index (χ2v) is 11.4. The monoisotopic (exact) mass is 568 g/mol. The van der Waals surface area contributed by atoms with Gasteiger partial charge in [0, 0.05) is 23.7 Å². The van der Waals surface area contributed by atoms with Crippen molar-refractivity contribution in [3.63, 3.8) is 0 Å². The van der Waals surface area contributed by atoms with E-state index in [0.29, 0.717) is 12.8 Å². The number of carbonyl (C=O) groups excluding carboxylic acids is 2. The molecule has 4 aromatic rings. The molecule has 0 aliphatic rings. The Labute approximate surface area is 232 Å². The molecular formula is C27H28N4O4S3. The van der Waals surface area contributed by atoms with Crippen LogP contribution < -0.4 is 15.4 Å². The maximum Gasteiger partial charge on any atom is 0.407 e. The number of methoxy groups -OCH3 is 1. The third kappa shape index (κ3) is 7.73. The number of alkyl carbamates (subject to hydrolysis) is 1. The van der Waals surface area contributed by atoms with Gasteiger partial charge >= 0.3 is 6.09 Å². The van der Waals surface area contributed by atoms with Crippen LogP contribution in [-0.4, -0.2) is 40.6 Å². The van der Waals surface area contributed by atoms with E-state index in [1.165, 1.54) is 18.4 Å². The highest BCUT2D eigenvalue weighted by molar-refractivity contribution is 7.85. The lowest BCUT2D eigenvalue weighted by atomic mass is 10.0. The Morgan fingerprint density at radius 2 is 1.68 bits per heavy atom. The molecule has 0 fully saturated rings. The van der Waals surface area contributed by atoms with Gasteiger partial charge in [-0.05, 0) is 41.1 Å². The molecule has 2 amide bonds. The summed E-state index contributed by atoms with van der Waals surface area (Å²) < 4.78 is 19.1. The molecule has 0 spiro atoms. The molecule has 3 N–H and O–H groups in total. The summed E-state index contributed by atoms with van der Waals surface area (Å²) in [6, 6.07) is 19.8. The van der Waals surface area contributed by atoms with Gasteiger partial charge in [-0.15, -0.1) is 22.7 Å². The molecular weight excluding hydrogens is 541 g/mol. The summed E-state index contributed by atoms with van der Waals surface area (Å²) in [5.74, 6) is -0.336. The van der Waals surface area contributed by atoms with Crippen molar-refractivity contribution in [3.8, 4) is 10.6 Å². The molecule has 11 heteroatoms. The summed E-state index contributed by atoms with van der Waals surface area (Å²) in [5.41, 5.74) is 3.48. The predicted octanol–water partition coefficient (Wildman–Crippen LogP) is 4.94. The van der Waals surface area contributed by atoms with E-state index in [-0.39, 0.29) is 5.91 Å². The van der Waals surface area contributed by atoms with Gasteiger partial charge in [-0.1, -0.05) is 48.5 Å². The number of anilines is 1. The number of thiophene rings is 1. The lowest BCUT2D eigenvalue weighted by Crippen LogP contribution is -2.49. The summed E-state index contributed by atoms with van der Waals surface area (Å²) in [6.45, 7) is 0. The number of hydrogen-bond acceptors (Lipinski definition) is 7. The Bertz CT molecular complexity index is 1360. The van der Waals surface area contributed by atoms with Crippen LogP contribution in [0.1, 0.15) is 22.2 Å². The first kappa shape index (κ1) is 27.5. The Kier molecular flexibility index (Phi) is 9.63. The maximum absolute atomic E-state index is 13.5. The van der Waals surface area contributed by atoms with Gasteiger partial charge in [0.2, 0.25) is 5.91 Å². The van der Waals surface area contributed by atoms with Crippen molar-refractivity contribution in [2.24, 2.45) is 0 Å². The average Bonchev–Trinajstić information content (AvgIpc) is 3.62. The zero-order valence-electron chi connectivity index (χ0n) is 20.9. The molecule has 38 heavy (non-hydrogen) atoms. The van der Waals surface area contributed by atoms with E-state index in [0.717, 1.165) is 32.4 Å². The van der Waals surface area contributed by atoms with Gasteiger partial charge in [0.15, 0.2) is 0 Å². The molecule has 2 aromatic carbocycles. The minimum atomic E-state index is -1.17. The first-order valence-electron chi connectivity index (χ1n) is 11.8. The van der Waals surface area contributed by atoms with Crippen LogP contribution in [0.3, 0.4) is 0 Å². The molecule has 8 nitrogen and oxygen atoms in total. The van der Waals surface area contributed by atoms with Crippen LogP contribution in [-0.2, 0) is 33.4 Å². The highest BCUT2D eigenvalue weighted by atomic mass is 32.2. The van der Waals surface area contributed by atoms with Gasteiger partial charge in [0.05, 0.1) is 23.7 Å². The first-order valence-corrected chi connectivity index (χ1v) is 15.1. The minimum Gasteiger partial charge on any atom is -0.453 e. The Morgan fingerprint density at radius 3 is 2.34 bits per heavy atom. The highest BCUT2D eigenvalue weighted by Gasteiger charge is 2.26. The molecule has 0 radical (unpaired) electrons. The summed E-state index contributed by atoms with van der Waals surface area (Å²) in [4.78, 5) is 31.5. The molecule has 0 aliphatic heterocycles. The van der Waals surface area contributed by atoms with E-state index >= 15 is 0 Å². The lowest BCUT2D eigenvalue weighted by Gasteiger charge is -2.22. The van der Waals surface area contributed by atoms with Crippen molar-refractivity contribution in [2.45, 2.75) is 24.9 Å². The zero-order chi connectivity index (χ0) is 26.9. The van der Waals surface area contributed by atoms with Crippen LogP contribution in [0.15, 0.2) is 77.5 Å². The second kappa shape index (κ2) is 13.3. The molecule has 3 unspecified atom stereocenters. The van der Waals surface area contributed by atoms with Crippen molar-refractivity contribution in [2.75, 3.05) is 18.1 Å². The van der Waals surface area contributed by atoms with E-state index in [1.807, 2.05) is 77.5 Å². The molecule has 0 saturated heterocycles. The molecule has 2 heterocycles. The first-order chi connectivity index (χ1) is 18.4. The van der Waals surface area contributed by atoms with Crippen molar-refractivity contribution in [3.05, 3.63) is 93.6 Å². The van der Waals surface area contributed by atoms with Crippen molar-refractivity contribution >= 4 is 51.3 Å². The van der Waals surface area contributed by atoms with E-state index in [2.05, 4.69) is 15.4 Å². The minimum absolute atomic E-state index is 0.307. The summed E-state index contributed by atoms with van der Waals surface area (Å²) in [5, 5.41) is 10.5. The van der Waals surface area contributed by atoms with Gasteiger partial charge in [-0.25, -0.2) is 14.0 Å². The molecule has 0 bridgehead atoms. The smallest absolute Gasteiger partial charge is 0.407 e. The fourth-order valence-corrected chi connectivity index (χ4v) is 5.93. The number of amides is 2. The highest BCUT2D eigenvalue weighted by Crippen LogP contribution is 2.30. The average molecular weight is 569 g/mol. The summed E-state index contributed by atoms with van der Waals surface area (Å²) in [7, 11) is 0.0970. The standard InChI is InChI=1S/C27H28N4O4S3/c1-35-27(33)30-21(15-18-7-4-3-5-8-18)25(32)28-22(16-19-10-12-20(13-11-19)31-38(2)34)26-29-23(17-37-26)24-9-6-14-36-24/h3-14,17,21-22,31H,15-16H2,1-2H3,(H,28,32)(H,30,33). The molecule has 4 rings (SSSR count). The Balaban J connectivity index is 1.58. The van der Waals surface area contributed by atoms with E-state index in [1.54, 1.807) is 17.6 Å². The van der Waals surface area contributed by atoms with Crippen molar-refractivity contribution in [1.29, 1.82) is 0 Å². The van der Waals surface area contributed by atoms with Crippen LogP contribution in [0, 0.1) is 0 Å². The number of aromatic nitrogens is 1. The van der Waals surface area contributed by atoms with Gasteiger partial charge in [-0.2, -0.15) is 0 Å².